The number of rotatable bonds is 6. The van der Waals surface area contributed by atoms with E-state index in [1.807, 2.05) is 30.3 Å². The molecule has 0 radical (unpaired) electrons. The maximum atomic E-state index is 13.0. The summed E-state index contributed by atoms with van der Waals surface area (Å²) in [4.78, 5) is 24.2. The van der Waals surface area contributed by atoms with Gasteiger partial charge in [-0.15, -0.1) is 0 Å². The van der Waals surface area contributed by atoms with E-state index in [2.05, 4.69) is 5.32 Å². The van der Waals surface area contributed by atoms with Crippen LogP contribution in [0, 0.1) is 6.92 Å². The number of nitrogens with one attached hydrogen (secondary N) is 1. The standard InChI is InChI=1S/C21H23NO5/c1-15-13-17(7-8-18(15)19(23)24)22-20(25)21(9-11-26-12-10-21)27-14-16-5-3-2-4-6-16/h2-8,13H,9-12,14H2,1H3,(H,22,25)(H,23,24). The lowest BCUT2D eigenvalue weighted by atomic mass is 9.92. The molecular weight excluding hydrogens is 346 g/mol. The Bertz CT molecular complexity index is 813. The number of benzene rings is 2. The highest BCUT2D eigenvalue weighted by molar-refractivity contribution is 5.98. The lowest BCUT2D eigenvalue weighted by Crippen LogP contribution is -2.49. The van der Waals surface area contributed by atoms with E-state index in [4.69, 9.17) is 14.6 Å². The molecular formula is C21H23NO5. The molecule has 1 aliphatic rings. The van der Waals surface area contributed by atoms with Gasteiger partial charge in [-0.3, -0.25) is 4.79 Å². The highest BCUT2D eigenvalue weighted by Crippen LogP contribution is 2.29. The molecule has 27 heavy (non-hydrogen) atoms. The van der Waals surface area contributed by atoms with Gasteiger partial charge in [0.15, 0.2) is 5.60 Å². The van der Waals surface area contributed by atoms with Crippen molar-refractivity contribution in [2.24, 2.45) is 0 Å². The normalized spacial score (nSPS) is 15.9. The van der Waals surface area contributed by atoms with Crippen LogP contribution >= 0.6 is 0 Å². The Kier molecular flexibility index (Phi) is 5.88. The fourth-order valence-corrected chi connectivity index (χ4v) is 3.16. The minimum absolute atomic E-state index is 0.217. The number of anilines is 1. The van der Waals surface area contributed by atoms with Gasteiger partial charge < -0.3 is 19.9 Å². The summed E-state index contributed by atoms with van der Waals surface area (Å²) >= 11 is 0. The van der Waals surface area contributed by atoms with E-state index >= 15 is 0 Å². The first-order valence-corrected chi connectivity index (χ1v) is 8.91. The van der Waals surface area contributed by atoms with Gasteiger partial charge in [-0.1, -0.05) is 30.3 Å². The maximum absolute atomic E-state index is 13.0. The fraction of sp³-hybridized carbons (Fsp3) is 0.333. The van der Waals surface area contributed by atoms with Crippen LogP contribution in [0.1, 0.15) is 34.3 Å². The number of carboxylic acid groups (broad SMARTS) is 1. The molecule has 3 rings (SSSR count). The van der Waals surface area contributed by atoms with Gasteiger partial charge in [0, 0.05) is 31.7 Å². The van der Waals surface area contributed by atoms with Gasteiger partial charge >= 0.3 is 5.97 Å². The zero-order valence-corrected chi connectivity index (χ0v) is 15.2. The van der Waals surface area contributed by atoms with E-state index < -0.39 is 11.6 Å². The number of carbonyl (C=O) groups is 2. The summed E-state index contributed by atoms with van der Waals surface area (Å²) in [5.41, 5.74) is 1.39. The van der Waals surface area contributed by atoms with Crippen molar-refractivity contribution >= 4 is 17.6 Å². The first-order valence-electron chi connectivity index (χ1n) is 8.91. The minimum Gasteiger partial charge on any atom is -0.478 e. The molecule has 1 saturated heterocycles. The maximum Gasteiger partial charge on any atom is 0.335 e. The first kappa shape index (κ1) is 19.1. The van der Waals surface area contributed by atoms with Gasteiger partial charge in [0.25, 0.3) is 5.91 Å². The van der Waals surface area contributed by atoms with Crippen LogP contribution < -0.4 is 5.32 Å². The lowest BCUT2D eigenvalue weighted by Gasteiger charge is -2.35. The van der Waals surface area contributed by atoms with Crippen molar-refractivity contribution in [3.05, 3.63) is 65.2 Å². The molecule has 0 atom stereocenters. The molecule has 0 unspecified atom stereocenters. The van der Waals surface area contributed by atoms with Crippen LogP contribution in [0.2, 0.25) is 0 Å². The predicted octanol–water partition coefficient (Wildman–Crippen LogP) is 3.40. The lowest BCUT2D eigenvalue weighted by molar-refractivity contribution is -0.158. The van der Waals surface area contributed by atoms with Crippen LogP contribution in [0.25, 0.3) is 0 Å². The van der Waals surface area contributed by atoms with E-state index in [1.54, 1.807) is 19.1 Å². The predicted molar refractivity (Wildman–Crippen MR) is 101 cm³/mol. The number of hydrogen-bond acceptors (Lipinski definition) is 4. The largest absolute Gasteiger partial charge is 0.478 e. The van der Waals surface area contributed by atoms with Crippen molar-refractivity contribution in [3.63, 3.8) is 0 Å². The third kappa shape index (κ3) is 4.53. The average Bonchev–Trinajstić information content (AvgIpc) is 2.67. The molecule has 142 valence electrons. The Hall–Kier alpha value is -2.70. The van der Waals surface area contributed by atoms with Crippen molar-refractivity contribution in [2.45, 2.75) is 32.0 Å². The second-order valence-corrected chi connectivity index (χ2v) is 6.67. The topological polar surface area (TPSA) is 84.9 Å². The summed E-state index contributed by atoms with van der Waals surface area (Å²) in [5.74, 6) is -1.22. The SMILES string of the molecule is Cc1cc(NC(=O)C2(OCc3ccccc3)CCOCC2)ccc1C(=O)O. The van der Waals surface area contributed by atoms with Crippen LogP contribution in [0.15, 0.2) is 48.5 Å². The van der Waals surface area contributed by atoms with Crippen molar-refractivity contribution in [2.75, 3.05) is 18.5 Å². The zero-order chi connectivity index (χ0) is 19.3. The molecule has 0 aromatic heterocycles. The highest BCUT2D eigenvalue weighted by Gasteiger charge is 2.41. The van der Waals surface area contributed by atoms with E-state index in [1.165, 1.54) is 6.07 Å². The van der Waals surface area contributed by atoms with Gasteiger partial charge in [-0.05, 0) is 36.2 Å². The number of hydrogen-bond donors (Lipinski definition) is 2. The molecule has 1 amide bonds. The molecule has 6 heteroatoms. The van der Waals surface area contributed by atoms with Crippen molar-refractivity contribution < 1.29 is 24.2 Å². The van der Waals surface area contributed by atoms with Gasteiger partial charge in [0.2, 0.25) is 0 Å². The van der Waals surface area contributed by atoms with Crippen LogP contribution in [0.4, 0.5) is 5.69 Å². The Morgan fingerprint density at radius 2 is 1.85 bits per heavy atom. The fourth-order valence-electron chi connectivity index (χ4n) is 3.16. The molecule has 1 aliphatic heterocycles. The third-order valence-corrected chi connectivity index (χ3v) is 4.79. The molecule has 2 aromatic carbocycles. The van der Waals surface area contributed by atoms with Crippen molar-refractivity contribution in [3.8, 4) is 0 Å². The number of carboxylic acids is 1. The number of carbonyl (C=O) groups excluding carboxylic acids is 1. The Balaban J connectivity index is 1.75. The zero-order valence-electron chi connectivity index (χ0n) is 15.2. The number of ether oxygens (including phenoxy) is 2. The second-order valence-electron chi connectivity index (χ2n) is 6.67. The Morgan fingerprint density at radius 1 is 1.15 bits per heavy atom. The number of amides is 1. The molecule has 0 bridgehead atoms. The molecule has 1 heterocycles. The molecule has 0 spiro atoms. The minimum atomic E-state index is -0.988. The molecule has 0 saturated carbocycles. The Morgan fingerprint density at radius 3 is 2.48 bits per heavy atom. The van der Waals surface area contributed by atoms with E-state index in [0.29, 0.717) is 43.9 Å². The van der Waals surface area contributed by atoms with E-state index in [0.717, 1.165) is 5.56 Å². The van der Waals surface area contributed by atoms with Crippen LogP contribution in [-0.4, -0.2) is 35.8 Å². The molecule has 0 aliphatic carbocycles. The summed E-state index contributed by atoms with van der Waals surface area (Å²) in [6, 6.07) is 14.5. The van der Waals surface area contributed by atoms with Crippen molar-refractivity contribution in [1.82, 2.24) is 0 Å². The highest BCUT2D eigenvalue weighted by atomic mass is 16.5. The summed E-state index contributed by atoms with van der Waals surface area (Å²) in [6.07, 6.45) is 0.940. The first-order chi connectivity index (χ1) is 13.0. The average molecular weight is 369 g/mol. The van der Waals surface area contributed by atoms with Crippen LogP contribution in [0.3, 0.4) is 0 Å². The summed E-state index contributed by atoms with van der Waals surface area (Å²) in [6.45, 7) is 2.96. The quantitative estimate of drug-likeness (QED) is 0.815. The van der Waals surface area contributed by atoms with Gasteiger partial charge in [0.05, 0.1) is 12.2 Å². The molecule has 2 aromatic rings. The van der Waals surface area contributed by atoms with Crippen LogP contribution in [0.5, 0.6) is 0 Å². The van der Waals surface area contributed by atoms with E-state index in [9.17, 15) is 9.59 Å². The second kappa shape index (κ2) is 8.33. The van der Waals surface area contributed by atoms with Crippen molar-refractivity contribution in [1.29, 1.82) is 0 Å². The number of aromatic carboxylic acids is 1. The molecule has 1 fully saturated rings. The smallest absolute Gasteiger partial charge is 0.335 e. The van der Waals surface area contributed by atoms with Gasteiger partial charge in [-0.2, -0.15) is 0 Å². The number of aryl methyl sites for hydroxylation is 1. The van der Waals surface area contributed by atoms with Gasteiger partial charge in [-0.25, -0.2) is 4.79 Å². The van der Waals surface area contributed by atoms with Gasteiger partial charge in [0.1, 0.15) is 0 Å². The third-order valence-electron chi connectivity index (χ3n) is 4.79. The summed E-state index contributed by atoms with van der Waals surface area (Å²) < 4.78 is 11.5. The summed E-state index contributed by atoms with van der Waals surface area (Å²) in [7, 11) is 0. The monoisotopic (exact) mass is 369 g/mol. The van der Waals surface area contributed by atoms with Crippen LogP contribution in [-0.2, 0) is 20.9 Å². The molecule has 2 N–H and O–H groups in total. The molecule has 6 nitrogen and oxygen atoms in total. The summed E-state index contributed by atoms with van der Waals surface area (Å²) in [5, 5.41) is 12.0. The van der Waals surface area contributed by atoms with E-state index in [-0.39, 0.29) is 11.5 Å². The Labute approximate surface area is 158 Å².